The number of carbonyl (C=O) groups excluding carboxylic acids is 2. The Kier molecular flexibility index (Phi) is 3.82. The molecule has 2 fully saturated rings. The third kappa shape index (κ3) is 3.17. The highest BCUT2D eigenvalue weighted by Gasteiger charge is 2.36. The molecule has 0 atom stereocenters. The van der Waals surface area contributed by atoms with Gasteiger partial charge in [-0.25, -0.2) is 0 Å². The van der Waals surface area contributed by atoms with E-state index in [1.54, 1.807) is 4.90 Å². The van der Waals surface area contributed by atoms with Crippen molar-refractivity contribution in [2.75, 3.05) is 26.2 Å². The van der Waals surface area contributed by atoms with Crippen molar-refractivity contribution < 1.29 is 14.3 Å². The number of ether oxygens (including phenoxy) is 1. The standard InChI is InChI=1S/C16H20N2O3/c1-12-4-2-3-5-14(12)21-11-16(20)17-8-9-18(13-6-7-13)15(19)10-17/h2-5,13H,6-11H2,1H3. The minimum Gasteiger partial charge on any atom is -0.484 e. The number of carbonyl (C=O) groups is 2. The third-order valence-electron chi connectivity index (χ3n) is 4.04. The van der Waals surface area contributed by atoms with Crippen LogP contribution in [0.3, 0.4) is 0 Å². The molecule has 1 aromatic carbocycles. The fraction of sp³-hybridized carbons (Fsp3) is 0.500. The predicted octanol–water partition coefficient (Wildman–Crippen LogP) is 1.21. The molecule has 0 bridgehead atoms. The summed E-state index contributed by atoms with van der Waals surface area (Å²) in [5, 5.41) is 0. The highest BCUT2D eigenvalue weighted by molar-refractivity contribution is 5.87. The number of aryl methyl sites for hydroxylation is 1. The van der Waals surface area contributed by atoms with Gasteiger partial charge in [0.1, 0.15) is 5.75 Å². The number of rotatable bonds is 4. The Balaban J connectivity index is 1.52. The number of benzene rings is 1. The van der Waals surface area contributed by atoms with Crippen molar-refractivity contribution in [1.29, 1.82) is 0 Å². The van der Waals surface area contributed by atoms with Crippen LogP contribution in [0.4, 0.5) is 0 Å². The predicted molar refractivity (Wildman–Crippen MR) is 78.0 cm³/mol. The van der Waals surface area contributed by atoms with Crippen molar-refractivity contribution in [2.45, 2.75) is 25.8 Å². The third-order valence-corrected chi connectivity index (χ3v) is 4.04. The van der Waals surface area contributed by atoms with Crippen LogP contribution < -0.4 is 4.74 Å². The molecule has 1 aliphatic heterocycles. The molecule has 2 aliphatic rings. The molecule has 0 unspecified atom stereocenters. The van der Waals surface area contributed by atoms with Crippen molar-refractivity contribution in [3.05, 3.63) is 29.8 Å². The van der Waals surface area contributed by atoms with Gasteiger partial charge in [-0.2, -0.15) is 0 Å². The SMILES string of the molecule is Cc1ccccc1OCC(=O)N1CCN(C2CC2)C(=O)C1. The molecule has 0 N–H and O–H groups in total. The van der Waals surface area contributed by atoms with Crippen molar-refractivity contribution >= 4 is 11.8 Å². The van der Waals surface area contributed by atoms with Gasteiger partial charge in [-0.1, -0.05) is 18.2 Å². The van der Waals surface area contributed by atoms with E-state index in [0.717, 1.165) is 18.4 Å². The summed E-state index contributed by atoms with van der Waals surface area (Å²) in [6.45, 7) is 3.38. The second kappa shape index (κ2) is 5.76. The first-order valence-corrected chi connectivity index (χ1v) is 7.41. The Bertz CT molecular complexity index is 554. The van der Waals surface area contributed by atoms with Crippen LogP contribution in [-0.2, 0) is 9.59 Å². The first kappa shape index (κ1) is 13.9. The summed E-state index contributed by atoms with van der Waals surface area (Å²) in [6.07, 6.45) is 2.21. The zero-order chi connectivity index (χ0) is 14.8. The van der Waals surface area contributed by atoms with Crippen LogP contribution >= 0.6 is 0 Å². The van der Waals surface area contributed by atoms with Crippen LogP contribution in [0.1, 0.15) is 18.4 Å². The molecule has 5 heteroatoms. The van der Waals surface area contributed by atoms with E-state index in [1.807, 2.05) is 36.1 Å². The van der Waals surface area contributed by atoms with Crippen molar-refractivity contribution in [1.82, 2.24) is 9.80 Å². The zero-order valence-electron chi connectivity index (χ0n) is 12.2. The molecular weight excluding hydrogens is 268 g/mol. The summed E-state index contributed by atoms with van der Waals surface area (Å²) in [7, 11) is 0. The van der Waals surface area contributed by atoms with Gasteiger partial charge in [0.05, 0.1) is 6.54 Å². The molecule has 1 heterocycles. The second-order valence-corrected chi connectivity index (χ2v) is 5.69. The van der Waals surface area contributed by atoms with Gasteiger partial charge in [0, 0.05) is 19.1 Å². The Labute approximate surface area is 124 Å². The van der Waals surface area contributed by atoms with Crippen LogP contribution in [0.25, 0.3) is 0 Å². The maximum Gasteiger partial charge on any atom is 0.261 e. The number of amides is 2. The molecule has 2 amide bonds. The van der Waals surface area contributed by atoms with Gasteiger partial charge in [-0.05, 0) is 31.4 Å². The Morgan fingerprint density at radius 1 is 1.29 bits per heavy atom. The Hall–Kier alpha value is -2.04. The number of piperazine rings is 1. The summed E-state index contributed by atoms with van der Waals surface area (Å²) in [5.41, 5.74) is 1.000. The molecule has 1 saturated heterocycles. The van der Waals surface area contributed by atoms with E-state index in [2.05, 4.69) is 0 Å². The molecule has 21 heavy (non-hydrogen) atoms. The van der Waals surface area contributed by atoms with E-state index >= 15 is 0 Å². The van der Waals surface area contributed by atoms with Gasteiger partial charge in [0.15, 0.2) is 6.61 Å². The maximum absolute atomic E-state index is 12.2. The number of para-hydroxylation sites is 1. The molecule has 0 spiro atoms. The first-order chi connectivity index (χ1) is 10.1. The Morgan fingerprint density at radius 3 is 2.71 bits per heavy atom. The summed E-state index contributed by atoms with van der Waals surface area (Å²) < 4.78 is 5.56. The molecule has 1 aliphatic carbocycles. The van der Waals surface area contributed by atoms with Crippen molar-refractivity contribution in [3.8, 4) is 5.75 Å². The van der Waals surface area contributed by atoms with Crippen molar-refractivity contribution in [2.24, 2.45) is 0 Å². The summed E-state index contributed by atoms with van der Waals surface area (Å²) >= 11 is 0. The van der Waals surface area contributed by atoms with E-state index in [4.69, 9.17) is 4.74 Å². The lowest BCUT2D eigenvalue weighted by Crippen LogP contribution is -2.53. The van der Waals surface area contributed by atoms with Crippen LogP contribution in [0.2, 0.25) is 0 Å². The van der Waals surface area contributed by atoms with Crippen molar-refractivity contribution in [3.63, 3.8) is 0 Å². The van der Waals surface area contributed by atoms with E-state index in [0.29, 0.717) is 24.9 Å². The van der Waals surface area contributed by atoms with Crippen LogP contribution in [-0.4, -0.2) is 53.9 Å². The smallest absolute Gasteiger partial charge is 0.261 e. The number of hydrogen-bond donors (Lipinski definition) is 0. The lowest BCUT2D eigenvalue weighted by molar-refractivity contribution is -0.146. The zero-order valence-corrected chi connectivity index (χ0v) is 12.2. The highest BCUT2D eigenvalue weighted by Crippen LogP contribution is 2.28. The molecular formula is C16H20N2O3. The van der Waals surface area contributed by atoms with Gasteiger partial charge in [-0.3, -0.25) is 9.59 Å². The monoisotopic (exact) mass is 288 g/mol. The molecule has 0 radical (unpaired) electrons. The van der Waals surface area contributed by atoms with Gasteiger partial charge in [0.25, 0.3) is 5.91 Å². The fourth-order valence-corrected chi connectivity index (χ4v) is 2.62. The second-order valence-electron chi connectivity index (χ2n) is 5.69. The van der Waals surface area contributed by atoms with Gasteiger partial charge in [-0.15, -0.1) is 0 Å². The minimum atomic E-state index is -0.123. The number of hydrogen-bond acceptors (Lipinski definition) is 3. The summed E-state index contributed by atoms with van der Waals surface area (Å²) in [5.74, 6) is 0.656. The lowest BCUT2D eigenvalue weighted by Gasteiger charge is -2.34. The quantitative estimate of drug-likeness (QED) is 0.836. The summed E-state index contributed by atoms with van der Waals surface area (Å²) in [4.78, 5) is 27.7. The normalized spacial score (nSPS) is 18.8. The van der Waals surface area contributed by atoms with Gasteiger partial charge < -0.3 is 14.5 Å². The van der Waals surface area contributed by atoms with E-state index in [-0.39, 0.29) is 25.0 Å². The molecule has 3 rings (SSSR count). The average Bonchev–Trinajstić information content (AvgIpc) is 3.30. The maximum atomic E-state index is 12.2. The first-order valence-electron chi connectivity index (χ1n) is 7.41. The minimum absolute atomic E-state index is 0.0123. The van der Waals surface area contributed by atoms with Gasteiger partial charge >= 0.3 is 0 Å². The topological polar surface area (TPSA) is 49.9 Å². The van der Waals surface area contributed by atoms with Crippen LogP contribution in [0.5, 0.6) is 5.75 Å². The molecule has 0 aromatic heterocycles. The average molecular weight is 288 g/mol. The highest BCUT2D eigenvalue weighted by atomic mass is 16.5. The van der Waals surface area contributed by atoms with Gasteiger partial charge in [0.2, 0.25) is 5.91 Å². The largest absolute Gasteiger partial charge is 0.484 e. The van der Waals surface area contributed by atoms with E-state index < -0.39 is 0 Å². The molecule has 112 valence electrons. The van der Waals surface area contributed by atoms with E-state index in [9.17, 15) is 9.59 Å². The van der Waals surface area contributed by atoms with E-state index in [1.165, 1.54) is 0 Å². The fourth-order valence-electron chi connectivity index (χ4n) is 2.62. The van der Waals surface area contributed by atoms with Crippen LogP contribution in [0, 0.1) is 6.92 Å². The molecule has 1 aromatic rings. The molecule has 1 saturated carbocycles. The number of nitrogens with zero attached hydrogens (tertiary/aromatic N) is 2. The Morgan fingerprint density at radius 2 is 2.05 bits per heavy atom. The summed E-state index contributed by atoms with van der Waals surface area (Å²) in [6, 6.07) is 8.03. The van der Waals surface area contributed by atoms with Crippen LogP contribution in [0.15, 0.2) is 24.3 Å². The lowest BCUT2D eigenvalue weighted by atomic mass is 10.2. The molecule has 5 nitrogen and oxygen atoms in total.